The van der Waals surface area contributed by atoms with Gasteiger partial charge in [-0.05, 0) is 43.3 Å². The number of hydrogen-bond donors (Lipinski definition) is 0. The topological polar surface area (TPSA) is 57.7 Å². The molecular formula is C18H14ClF2NO4S. The number of esters is 1. The molecule has 3 aromatic rings. The van der Waals surface area contributed by atoms with Crippen molar-refractivity contribution in [1.82, 2.24) is 4.98 Å². The Labute approximate surface area is 162 Å². The Morgan fingerprint density at radius 3 is 2.70 bits per heavy atom. The molecule has 0 N–H and O–H groups in total. The first-order valence-corrected chi connectivity index (χ1v) is 9.02. The van der Waals surface area contributed by atoms with E-state index in [0.717, 1.165) is 10.2 Å². The summed E-state index contributed by atoms with van der Waals surface area (Å²) in [5, 5.41) is 1.23. The van der Waals surface area contributed by atoms with Crippen molar-refractivity contribution in [2.24, 2.45) is 0 Å². The second-order valence-corrected chi connectivity index (χ2v) is 6.80. The highest BCUT2D eigenvalue weighted by molar-refractivity contribution is 7.21. The van der Waals surface area contributed by atoms with Crippen molar-refractivity contribution in [1.29, 1.82) is 0 Å². The van der Waals surface area contributed by atoms with Crippen LogP contribution >= 0.6 is 22.9 Å². The molecule has 0 saturated heterocycles. The molecule has 3 rings (SSSR count). The van der Waals surface area contributed by atoms with Gasteiger partial charge in [0.15, 0.2) is 11.5 Å². The molecule has 1 aromatic heterocycles. The molecular weight excluding hydrogens is 400 g/mol. The zero-order valence-electron chi connectivity index (χ0n) is 14.3. The van der Waals surface area contributed by atoms with E-state index in [1.165, 1.54) is 37.5 Å². The predicted octanol–water partition coefficient (Wildman–Crippen LogP) is 5.16. The molecule has 9 heteroatoms. The van der Waals surface area contributed by atoms with Gasteiger partial charge in [-0.15, -0.1) is 11.3 Å². The average Bonchev–Trinajstić information content (AvgIpc) is 3.05. The van der Waals surface area contributed by atoms with Crippen molar-refractivity contribution >= 4 is 39.1 Å². The van der Waals surface area contributed by atoms with Crippen molar-refractivity contribution in [2.75, 3.05) is 13.7 Å². The molecule has 0 radical (unpaired) electrons. The van der Waals surface area contributed by atoms with Crippen molar-refractivity contribution in [3.8, 4) is 22.1 Å². The van der Waals surface area contributed by atoms with Gasteiger partial charge in [0.25, 0.3) is 0 Å². The molecule has 142 valence electrons. The highest BCUT2D eigenvalue weighted by Crippen LogP contribution is 2.38. The predicted molar refractivity (Wildman–Crippen MR) is 98.8 cm³/mol. The summed E-state index contributed by atoms with van der Waals surface area (Å²) >= 11 is 7.39. The Morgan fingerprint density at radius 2 is 2.00 bits per heavy atom. The number of ether oxygens (including phenoxy) is 3. The van der Waals surface area contributed by atoms with Crippen LogP contribution in [0.1, 0.15) is 6.92 Å². The second kappa shape index (κ2) is 7.66. The number of benzene rings is 2. The van der Waals surface area contributed by atoms with Gasteiger partial charge >= 0.3 is 12.1 Å². The van der Waals surface area contributed by atoms with Crippen LogP contribution < -0.4 is 9.47 Å². The Bertz CT molecular complexity index is 993. The average molecular weight is 414 g/mol. The number of carbonyl (C=O) groups is 1. The van der Waals surface area contributed by atoms with E-state index in [1.807, 2.05) is 6.07 Å². The molecule has 0 aliphatic rings. The summed E-state index contributed by atoms with van der Waals surface area (Å²) in [6.45, 7) is 1.24. The molecule has 2 aromatic carbocycles. The van der Waals surface area contributed by atoms with E-state index in [2.05, 4.69) is 14.5 Å². The number of alkyl halides is 2. The van der Waals surface area contributed by atoms with Crippen LogP contribution in [-0.2, 0) is 9.53 Å². The van der Waals surface area contributed by atoms with Crippen LogP contribution in [0.2, 0.25) is 5.02 Å². The fourth-order valence-electron chi connectivity index (χ4n) is 2.30. The van der Waals surface area contributed by atoms with E-state index in [1.54, 1.807) is 18.2 Å². The third-order valence-corrected chi connectivity index (χ3v) is 4.83. The summed E-state index contributed by atoms with van der Waals surface area (Å²) in [6.07, 6.45) is -4.13. The summed E-state index contributed by atoms with van der Waals surface area (Å²) < 4.78 is 42.6. The molecule has 0 bridgehead atoms. The first-order valence-electron chi connectivity index (χ1n) is 7.82. The summed E-state index contributed by atoms with van der Waals surface area (Å²) in [6, 6.07) is 9.72. The minimum Gasteiger partial charge on any atom is -0.493 e. The number of halogens is 3. The first-order chi connectivity index (χ1) is 12.8. The van der Waals surface area contributed by atoms with Gasteiger partial charge in [-0.2, -0.15) is 8.78 Å². The molecule has 5 nitrogen and oxygen atoms in total. The first kappa shape index (κ1) is 19.3. The standard InChI is InChI=1S/C18H14ClF2NO4S/c1-3-25-17(23)18(20,21)26-13-6-4-10(8-14(13)24-2)16-22-12-9-11(19)5-7-15(12)27-16/h4-9H,3H2,1-2H3. The lowest BCUT2D eigenvalue weighted by Crippen LogP contribution is -2.37. The Hall–Kier alpha value is -2.45. The molecule has 0 fully saturated rings. The van der Waals surface area contributed by atoms with Crippen LogP contribution in [0.5, 0.6) is 11.5 Å². The van der Waals surface area contributed by atoms with E-state index in [9.17, 15) is 13.6 Å². The van der Waals surface area contributed by atoms with Crippen LogP contribution in [0.25, 0.3) is 20.8 Å². The van der Waals surface area contributed by atoms with E-state index < -0.39 is 12.1 Å². The number of fused-ring (bicyclic) bond motifs is 1. The van der Waals surface area contributed by atoms with Crippen LogP contribution in [-0.4, -0.2) is 30.8 Å². The zero-order chi connectivity index (χ0) is 19.6. The minimum atomic E-state index is -4.13. The normalized spacial score (nSPS) is 11.4. The number of rotatable bonds is 6. The summed E-state index contributed by atoms with van der Waals surface area (Å²) in [5.74, 6) is -2.02. The van der Waals surface area contributed by atoms with Crippen LogP contribution in [0.3, 0.4) is 0 Å². The van der Waals surface area contributed by atoms with E-state index >= 15 is 0 Å². The van der Waals surface area contributed by atoms with Gasteiger partial charge in [-0.25, -0.2) is 9.78 Å². The number of carbonyl (C=O) groups excluding carboxylic acids is 1. The Balaban J connectivity index is 1.92. The summed E-state index contributed by atoms with van der Waals surface area (Å²) in [5.41, 5.74) is 1.38. The van der Waals surface area contributed by atoms with Gasteiger partial charge in [0.05, 0.1) is 23.9 Å². The molecule has 0 atom stereocenters. The maximum absolute atomic E-state index is 13.8. The lowest BCUT2D eigenvalue weighted by atomic mass is 10.2. The molecule has 0 aliphatic heterocycles. The molecule has 0 aliphatic carbocycles. The summed E-state index contributed by atoms with van der Waals surface area (Å²) in [4.78, 5) is 15.8. The molecule has 1 heterocycles. The smallest absolute Gasteiger partial charge is 0.493 e. The minimum absolute atomic E-state index is 0.0359. The lowest BCUT2D eigenvalue weighted by Gasteiger charge is -2.18. The second-order valence-electron chi connectivity index (χ2n) is 5.34. The number of methoxy groups -OCH3 is 1. The largest absolute Gasteiger partial charge is 0.502 e. The van der Waals surface area contributed by atoms with Crippen molar-refractivity contribution < 1.29 is 27.8 Å². The van der Waals surface area contributed by atoms with E-state index in [0.29, 0.717) is 15.6 Å². The SMILES string of the molecule is CCOC(=O)C(F)(F)Oc1ccc(-c2nc3cc(Cl)ccc3s2)cc1OC. The van der Waals surface area contributed by atoms with Crippen LogP contribution in [0.15, 0.2) is 36.4 Å². The summed E-state index contributed by atoms with van der Waals surface area (Å²) in [7, 11) is 1.31. The maximum Gasteiger partial charge on any atom is 0.502 e. The third kappa shape index (κ3) is 4.12. The molecule has 0 unspecified atom stereocenters. The number of thiazole rings is 1. The number of nitrogens with zero attached hydrogens (tertiary/aromatic N) is 1. The van der Waals surface area contributed by atoms with Gasteiger partial charge in [0.1, 0.15) is 5.01 Å². The molecule has 0 saturated carbocycles. The Morgan fingerprint density at radius 1 is 1.22 bits per heavy atom. The third-order valence-electron chi connectivity index (χ3n) is 3.51. The lowest BCUT2D eigenvalue weighted by molar-refractivity contribution is -0.216. The molecule has 0 spiro atoms. The highest BCUT2D eigenvalue weighted by atomic mass is 35.5. The Kier molecular flexibility index (Phi) is 5.48. The van der Waals surface area contributed by atoms with Crippen LogP contribution in [0, 0.1) is 0 Å². The molecule has 0 amide bonds. The van der Waals surface area contributed by atoms with Gasteiger partial charge < -0.3 is 14.2 Å². The highest BCUT2D eigenvalue weighted by Gasteiger charge is 2.44. The van der Waals surface area contributed by atoms with Crippen LogP contribution in [0.4, 0.5) is 8.78 Å². The number of hydrogen-bond acceptors (Lipinski definition) is 6. The van der Waals surface area contributed by atoms with Crippen molar-refractivity contribution in [3.05, 3.63) is 41.4 Å². The van der Waals surface area contributed by atoms with E-state index in [-0.39, 0.29) is 18.1 Å². The zero-order valence-corrected chi connectivity index (χ0v) is 15.9. The van der Waals surface area contributed by atoms with Gasteiger partial charge in [0, 0.05) is 10.6 Å². The quantitative estimate of drug-likeness (QED) is 0.522. The van der Waals surface area contributed by atoms with Gasteiger partial charge in [-0.1, -0.05) is 11.6 Å². The maximum atomic E-state index is 13.8. The molecule has 27 heavy (non-hydrogen) atoms. The van der Waals surface area contributed by atoms with Gasteiger partial charge in [0.2, 0.25) is 0 Å². The fourth-order valence-corrected chi connectivity index (χ4v) is 3.41. The van der Waals surface area contributed by atoms with Gasteiger partial charge in [-0.3, -0.25) is 0 Å². The fraction of sp³-hybridized carbons (Fsp3) is 0.222. The van der Waals surface area contributed by atoms with Crippen molar-refractivity contribution in [2.45, 2.75) is 13.0 Å². The van der Waals surface area contributed by atoms with E-state index in [4.69, 9.17) is 16.3 Å². The monoisotopic (exact) mass is 413 g/mol. The number of aromatic nitrogens is 1. The van der Waals surface area contributed by atoms with Crippen molar-refractivity contribution in [3.63, 3.8) is 0 Å².